The van der Waals surface area contributed by atoms with E-state index >= 15 is 0 Å². The van der Waals surface area contributed by atoms with Crippen molar-refractivity contribution in [3.63, 3.8) is 0 Å². The third-order valence-electron chi connectivity index (χ3n) is 4.38. The lowest BCUT2D eigenvalue weighted by molar-refractivity contribution is 0.185. The summed E-state index contributed by atoms with van der Waals surface area (Å²) in [6, 6.07) is 2.42. The molecule has 0 spiro atoms. The van der Waals surface area contributed by atoms with Crippen molar-refractivity contribution in [2.45, 2.75) is 18.9 Å². The Bertz CT molecular complexity index is 425. The molecule has 1 aromatic heterocycles. The van der Waals surface area contributed by atoms with E-state index in [-0.39, 0.29) is 12.1 Å². The molecule has 3 heterocycles. The summed E-state index contributed by atoms with van der Waals surface area (Å²) in [7, 11) is 1.91. The molecule has 0 aliphatic carbocycles. The summed E-state index contributed by atoms with van der Waals surface area (Å²) in [5.41, 5.74) is 1.20. The van der Waals surface area contributed by atoms with Gasteiger partial charge in [-0.2, -0.15) is 0 Å². The van der Waals surface area contributed by atoms with Gasteiger partial charge in [0.25, 0.3) is 0 Å². The fourth-order valence-electron chi connectivity index (χ4n) is 3.17. The molecule has 2 N–H and O–H groups in total. The zero-order valence-corrected chi connectivity index (χ0v) is 11.4. The van der Waals surface area contributed by atoms with Crippen molar-refractivity contribution in [2.75, 3.05) is 33.2 Å². The van der Waals surface area contributed by atoms with Gasteiger partial charge in [-0.1, -0.05) is 0 Å². The lowest BCUT2D eigenvalue weighted by atomic mass is 9.97. The summed E-state index contributed by atoms with van der Waals surface area (Å²) in [5.74, 6) is 0.656. The smallest absolute Gasteiger partial charge is 0.320 e. The van der Waals surface area contributed by atoms with Crippen LogP contribution in [-0.4, -0.2) is 54.0 Å². The van der Waals surface area contributed by atoms with E-state index in [9.17, 15) is 4.79 Å². The molecule has 2 fully saturated rings. The summed E-state index contributed by atoms with van der Waals surface area (Å²) in [4.78, 5) is 19.3. The van der Waals surface area contributed by atoms with E-state index in [1.54, 1.807) is 0 Å². The predicted octanol–water partition coefficient (Wildman–Crippen LogP) is 1.42. The van der Waals surface area contributed by atoms with Crippen LogP contribution in [0, 0.1) is 5.92 Å². The van der Waals surface area contributed by atoms with Crippen LogP contribution < -0.4 is 5.32 Å². The Balaban J connectivity index is 1.65. The summed E-state index contributed by atoms with van der Waals surface area (Å²) in [5, 5.41) is 3.37. The number of carbonyl (C=O) groups is 1. The average molecular weight is 262 g/mol. The third kappa shape index (κ3) is 2.47. The van der Waals surface area contributed by atoms with E-state index in [2.05, 4.69) is 16.4 Å². The summed E-state index contributed by atoms with van der Waals surface area (Å²) in [6.07, 6.45) is 6.27. The molecule has 2 saturated heterocycles. The van der Waals surface area contributed by atoms with Gasteiger partial charge in [0, 0.05) is 32.5 Å². The van der Waals surface area contributed by atoms with Crippen LogP contribution in [0.1, 0.15) is 24.4 Å². The first-order chi connectivity index (χ1) is 9.25. The Morgan fingerprint density at radius 1 is 1.37 bits per heavy atom. The van der Waals surface area contributed by atoms with Gasteiger partial charge in [-0.05, 0) is 43.5 Å². The molecule has 5 heteroatoms. The molecule has 1 unspecified atom stereocenters. The molecule has 2 aliphatic rings. The molecule has 104 valence electrons. The van der Waals surface area contributed by atoms with Crippen molar-refractivity contribution in [1.29, 1.82) is 0 Å². The maximum Gasteiger partial charge on any atom is 0.320 e. The molecule has 0 aromatic carbocycles. The van der Waals surface area contributed by atoms with E-state index in [4.69, 9.17) is 0 Å². The molecule has 0 bridgehead atoms. The number of nitrogens with zero attached hydrogens (tertiary/aromatic N) is 2. The van der Waals surface area contributed by atoms with Crippen LogP contribution in [-0.2, 0) is 0 Å². The largest absolute Gasteiger partial charge is 0.367 e. The summed E-state index contributed by atoms with van der Waals surface area (Å²) in [6.45, 7) is 3.90. The summed E-state index contributed by atoms with van der Waals surface area (Å²) >= 11 is 0. The Hall–Kier alpha value is -1.49. The molecule has 1 aromatic rings. The van der Waals surface area contributed by atoms with Gasteiger partial charge >= 0.3 is 6.03 Å². The molecule has 1 atom stereocenters. The van der Waals surface area contributed by atoms with Gasteiger partial charge in [0.15, 0.2) is 0 Å². The lowest BCUT2D eigenvalue weighted by Gasteiger charge is -2.26. The number of hydrogen-bond acceptors (Lipinski definition) is 2. The SMILES string of the molecule is CN1C(=O)N(CC2CCNCC2)CC1c1cc[nH]c1. The Morgan fingerprint density at radius 2 is 2.16 bits per heavy atom. The standard InChI is InChI=1S/C14H22N4O/c1-17-13(12-4-7-16-8-12)10-18(14(17)19)9-11-2-5-15-6-3-11/h4,7-8,11,13,15-16H,2-3,5-6,9-10H2,1H3. The minimum atomic E-state index is 0.171. The Morgan fingerprint density at radius 3 is 2.84 bits per heavy atom. The molecule has 0 radical (unpaired) electrons. The van der Waals surface area contributed by atoms with Gasteiger partial charge in [-0.3, -0.25) is 0 Å². The number of rotatable bonds is 3. The summed E-state index contributed by atoms with van der Waals surface area (Å²) < 4.78 is 0. The van der Waals surface area contributed by atoms with E-state index in [1.165, 1.54) is 18.4 Å². The molecule has 5 nitrogen and oxygen atoms in total. The first-order valence-corrected chi connectivity index (χ1v) is 7.11. The highest BCUT2D eigenvalue weighted by molar-refractivity contribution is 5.77. The normalized spacial score (nSPS) is 25.3. The number of nitrogens with one attached hydrogen (secondary N) is 2. The van der Waals surface area contributed by atoms with Gasteiger partial charge in [-0.15, -0.1) is 0 Å². The number of likely N-dealkylation sites (N-methyl/N-ethyl adjacent to an activating group) is 1. The van der Waals surface area contributed by atoms with Crippen molar-refractivity contribution in [3.8, 4) is 0 Å². The molecule has 2 aliphatic heterocycles. The first kappa shape index (κ1) is 12.5. The minimum Gasteiger partial charge on any atom is -0.367 e. The zero-order valence-electron chi connectivity index (χ0n) is 11.4. The van der Waals surface area contributed by atoms with Gasteiger partial charge < -0.3 is 20.1 Å². The van der Waals surface area contributed by atoms with Crippen LogP contribution in [0.15, 0.2) is 18.5 Å². The number of aromatic amines is 1. The van der Waals surface area contributed by atoms with Crippen LogP contribution >= 0.6 is 0 Å². The number of piperidine rings is 1. The molecular formula is C14H22N4O. The van der Waals surface area contributed by atoms with Crippen molar-refractivity contribution < 1.29 is 4.79 Å². The number of amides is 2. The topological polar surface area (TPSA) is 51.4 Å². The highest BCUT2D eigenvalue weighted by Gasteiger charge is 2.36. The van der Waals surface area contributed by atoms with Crippen LogP contribution in [0.2, 0.25) is 0 Å². The number of H-pyrrole nitrogens is 1. The second-order valence-corrected chi connectivity index (χ2v) is 5.65. The van der Waals surface area contributed by atoms with E-state index in [0.29, 0.717) is 5.92 Å². The lowest BCUT2D eigenvalue weighted by Crippen LogP contribution is -2.38. The third-order valence-corrected chi connectivity index (χ3v) is 4.38. The van der Waals surface area contributed by atoms with Crippen molar-refractivity contribution in [3.05, 3.63) is 24.0 Å². The first-order valence-electron chi connectivity index (χ1n) is 7.11. The zero-order chi connectivity index (χ0) is 13.2. The highest BCUT2D eigenvalue weighted by atomic mass is 16.2. The van der Waals surface area contributed by atoms with Crippen LogP contribution in [0.25, 0.3) is 0 Å². The highest BCUT2D eigenvalue weighted by Crippen LogP contribution is 2.29. The van der Waals surface area contributed by atoms with E-state index < -0.39 is 0 Å². The van der Waals surface area contributed by atoms with Gasteiger partial charge in [0.1, 0.15) is 0 Å². The van der Waals surface area contributed by atoms with Crippen molar-refractivity contribution >= 4 is 6.03 Å². The maximum absolute atomic E-state index is 12.3. The minimum absolute atomic E-state index is 0.171. The van der Waals surface area contributed by atoms with Gasteiger partial charge in [-0.25, -0.2) is 4.79 Å². The van der Waals surface area contributed by atoms with E-state index in [0.717, 1.165) is 26.2 Å². The van der Waals surface area contributed by atoms with Crippen molar-refractivity contribution in [2.24, 2.45) is 5.92 Å². The van der Waals surface area contributed by atoms with Gasteiger partial charge in [0.05, 0.1) is 6.04 Å². The van der Waals surface area contributed by atoms with Crippen molar-refractivity contribution in [1.82, 2.24) is 20.1 Å². The fourth-order valence-corrected chi connectivity index (χ4v) is 3.17. The number of urea groups is 1. The fraction of sp³-hybridized carbons (Fsp3) is 0.643. The van der Waals surface area contributed by atoms with Crippen LogP contribution in [0.4, 0.5) is 4.79 Å². The number of carbonyl (C=O) groups excluding carboxylic acids is 1. The second-order valence-electron chi connectivity index (χ2n) is 5.65. The monoisotopic (exact) mass is 262 g/mol. The predicted molar refractivity (Wildman–Crippen MR) is 73.9 cm³/mol. The van der Waals surface area contributed by atoms with Crippen LogP contribution in [0.3, 0.4) is 0 Å². The van der Waals surface area contributed by atoms with E-state index in [1.807, 2.05) is 29.2 Å². The maximum atomic E-state index is 12.3. The average Bonchev–Trinajstić information content (AvgIpc) is 3.04. The Kier molecular flexibility index (Phi) is 3.46. The second kappa shape index (κ2) is 5.25. The number of hydrogen-bond donors (Lipinski definition) is 2. The molecular weight excluding hydrogens is 240 g/mol. The molecule has 0 saturated carbocycles. The quantitative estimate of drug-likeness (QED) is 0.865. The molecule has 3 rings (SSSR count). The molecule has 2 amide bonds. The number of aromatic nitrogens is 1. The molecule has 19 heavy (non-hydrogen) atoms. The van der Waals surface area contributed by atoms with Gasteiger partial charge in [0.2, 0.25) is 0 Å². The Labute approximate surface area is 114 Å². The van der Waals surface area contributed by atoms with Crippen LogP contribution in [0.5, 0.6) is 0 Å².